The molecule has 14 heavy (non-hydrogen) atoms. The molecule has 0 saturated heterocycles. The Morgan fingerprint density at radius 2 is 2.14 bits per heavy atom. The van der Waals surface area contributed by atoms with E-state index in [9.17, 15) is 4.79 Å². The number of halogens is 1. The Hall–Kier alpha value is -1.27. The van der Waals surface area contributed by atoms with Crippen molar-refractivity contribution < 1.29 is 4.79 Å². The molecule has 0 heterocycles. The molecule has 72 valence electrons. The Bertz CT molecular complexity index is 369. The van der Waals surface area contributed by atoms with Crippen molar-refractivity contribution in [1.29, 1.82) is 0 Å². The highest BCUT2D eigenvalue weighted by atomic mass is 127. The fourth-order valence-corrected chi connectivity index (χ4v) is 1.05. The number of nitrogens with zero attached hydrogens (tertiary/aromatic N) is 3. The van der Waals surface area contributed by atoms with Gasteiger partial charge in [-0.15, -0.1) is 0 Å². The second-order valence-corrected chi connectivity index (χ2v) is 3.18. The summed E-state index contributed by atoms with van der Waals surface area (Å²) in [6.45, 7) is 0. The van der Waals surface area contributed by atoms with Gasteiger partial charge in [-0.25, -0.2) is 0 Å². The van der Waals surface area contributed by atoms with E-state index in [2.05, 4.69) is 15.3 Å². The molecule has 0 unspecified atom stereocenters. The number of amides is 1. The summed E-state index contributed by atoms with van der Waals surface area (Å²) in [7, 11) is 0. The molecule has 6 heteroatoms. The number of hydrogen-bond donors (Lipinski definition) is 1. The van der Waals surface area contributed by atoms with E-state index in [0.717, 1.165) is 0 Å². The van der Waals surface area contributed by atoms with Crippen molar-refractivity contribution in [3.05, 3.63) is 34.7 Å². The summed E-state index contributed by atoms with van der Waals surface area (Å²) in [6, 6.07) is 6.66. The number of hydrogen-bond acceptors (Lipinski definition) is 2. The molecule has 0 aliphatic carbocycles. The lowest BCUT2D eigenvalue weighted by Crippen LogP contribution is -2.11. The summed E-state index contributed by atoms with van der Waals surface area (Å²) < 4.78 is 0.413. The summed E-state index contributed by atoms with van der Waals surface area (Å²) in [4.78, 5) is 13.6. The zero-order valence-corrected chi connectivity index (χ0v) is 9.30. The van der Waals surface area contributed by atoms with Crippen LogP contribution < -0.4 is 5.32 Å². The smallest absolute Gasteiger partial charge is 0.234 e. The molecule has 0 radical (unpaired) electrons. The first kappa shape index (κ1) is 10.8. The molecule has 1 N–H and O–H groups in total. The SMILES string of the molecule is [N-]=[N+]=Nc1ccc(NC(=O)CI)cc1. The molecule has 1 amide bonds. The van der Waals surface area contributed by atoms with E-state index < -0.39 is 0 Å². The van der Waals surface area contributed by atoms with Gasteiger partial charge in [0.05, 0.1) is 4.43 Å². The Kier molecular flexibility index (Phi) is 4.21. The molecule has 1 aromatic carbocycles. The predicted molar refractivity (Wildman–Crippen MR) is 62.8 cm³/mol. The first-order chi connectivity index (χ1) is 6.76. The standard InChI is InChI=1S/C8H7IN4O/c9-5-8(14)11-6-1-3-7(4-2-6)12-13-10/h1-4H,5H2,(H,11,14). The molecular weight excluding hydrogens is 295 g/mol. The summed E-state index contributed by atoms with van der Waals surface area (Å²) in [5.74, 6) is -0.0536. The summed E-state index contributed by atoms with van der Waals surface area (Å²) in [5.41, 5.74) is 9.39. The molecule has 0 aromatic heterocycles. The van der Waals surface area contributed by atoms with Crippen molar-refractivity contribution in [2.24, 2.45) is 5.11 Å². The van der Waals surface area contributed by atoms with Gasteiger partial charge >= 0.3 is 0 Å². The van der Waals surface area contributed by atoms with Crippen LogP contribution in [0.3, 0.4) is 0 Å². The van der Waals surface area contributed by atoms with Crippen LogP contribution in [-0.2, 0) is 4.79 Å². The van der Waals surface area contributed by atoms with Crippen LogP contribution in [0.1, 0.15) is 0 Å². The third kappa shape index (κ3) is 3.23. The molecule has 0 fully saturated rings. The molecule has 0 atom stereocenters. The van der Waals surface area contributed by atoms with Crippen molar-refractivity contribution in [2.75, 3.05) is 9.74 Å². The van der Waals surface area contributed by atoms with E-state index in [1.165, 1.54) is 0 Å². The Morgan fingerprint density at radius 1 is 1.50 bits per heavy atom. The monoisotopic (exact) mass is 302 g/mol. The van der Waals surface area contributed by atoms with Gasteiger partial charge in [0.1, 0.15) is 0 Å². The van der Waals surface area contributed by atoms with Crippen molar-refractivity contribution in [3.8, 4) is 0 Å². The highest BCUT2D eigenvalue weighted by Crippen LogP contribution is 2.16. The maximum atomic E-state index is 11.0. The van der Waals surface area contributed by atoms with Gasteiger partial charge in [-0.1, -0.05) is 39.8 Å². The number of carbonyl (C=O) groups is 1. The molecule has 0 aliphatic heterocycles. The fourth-order valence-electron chi connectivity index (χ4n) is 0.857. The van der Waals surface area contributed by atoms with Crippen LogP contribution in [0.4, 0.5) is 11.4 Å². The molecule has 1 aromatic rings. The van der Waals surface area contributed by atoms with Gasteiger partial charge < -0.3 is 5.32 Å². The molecule has 0 spiro atoms. The number of nitrogens with one attached hydrogen (secondary N) is 1. The number of anilines is 1. The van der Waals surface area contributed by atoms with Gasteiger partial charge in [0.15, 0.2) is 0 Å². The predicted octanol–water partition coefficient (Wildman–Crippen LogP) is 3.00. The quantitative estimate of drug-likeness (QED) is 0.301. The van der Waals surface area contributed by atoms with Crippen LogP contribution in [0.25, 0.3) is 10.4 Å². The lowest BCUT2D eigenvalue weighted by atomic mass is 10.3. The minimum atomic E-state index is -0.0536. The fraction of sp³-hybridized carbons (Fsp3) is 0.125. The highest BCUT2D eigenvalue weighted by molar-refractivity contribution is 14.1. The number of rotatable bonds is 3. The molecule has 0 saturated carbocycles. The van der Waals surface area contributed by atoms with Gasteiger partial charge in [-0.05, 0) is 17.7 Å². The third-order valence-electron chi connectivity index (χ3n) is 1.43. The Balaban J connectivity index is 2.73. The van der Waals surface area contributed by atoms with Gasteiger partial charge in [-0.3, -0.25) is 4.79 Å². The molecule has 0 aliphatic rings. The Labute approximate surface area is 94.3 Å². The van der Waals surface area contributed by atoms with Crippen LogP contribution in [0.5, 0.6) is 0 Å². The van der Waals surface area contributed by atoms with Crippen LogP contribution in [-0.4, -0.2) is 10.3 Å². The van der Waals surface area contributed by atoms with Crippen molar-refractivity contribution in [1.82, 2.24) is 0 Å². The van der Waals surface area contributed by atoms with Gasteiger partial charge in [-0.2, -0.15) is 0 Å². The second-order valence-electron chi connectivity index (χ2n) is 2.42. The number of carbonyl (C=O) groups excluding carboxylic acids is 1. The van der Waals surface area contributed by atoms with Crippen LogP contribution in [0.2, 0.25) is 0 Å². The van der Waals surface area contributed by atoms with Crippen LogP contribution >= 0.6 is 22.6 Å². The number of benzene rings is 1. The Morgan fingerprint density at radius 3 is 2.64 bits per heavy atom. The average Bonchev–Trinajstić information content (AvgIpc) is 2.21. The normalized spacial score (nSPS) is 8.93. The average molecular weight is 302 g/mol. The summed E-state index contributed by atoms with van der Waals surface area (Å²) in [6.07, 6.45) is 0. The van der Waals surface area contributed by atoms with Gasteiger partial charge in [0.2, 0.25) is 5.91 Å². The highest BCUT2D eigenvalue weighted by Gasteiger charge is 1.98. The van der Waals surface area contributed by atoms with Crippen molar-refractivity contribution in [2.45, 2.75) is 0 Å². The largest absolute Gasteiger partial charge is 0.325 e. The van der Waals surface area contributed by atoms with Crippen molar-refractivity contribution in [3.63, 3.8) is 0 Å². The zero-order chi connectivity index (χ0) is 10.4. The van der Waals surface area contributed by atoms with Gasteiger partial charge in [0.25, 0.3) is 0 Å². The summed E-state index contributed by atoms with van der Waals surface area (Å²) >= 11 is 1.98. The molecule has 0 bridgehead atoms. The molecule has 1 rings (SSSR count). The van der Waals surface area contributed by atoms with Gasteiger partial charge in [0, 0.05) is 16.3 Å². The second kappa shape index (κ2) is 5.46. The van der Waals surface area contributed by atoms with E-state index in [-0.39, 0.29) is 5.91 Å². The lowest BCUT2D eigenvalue weighted by Gasteiger charge is -2.02. The molecule has 5 nitrogen and oxygen atoms in total. The topological polar surface area (TPSA) is 77.9 Å². The van der Waals surface area contributed by atoms with E-state index in [1.807, 2.05) is 22.6 Å². The first-order valence-electron chi connectivity index (χ1n) is 3.77. The first-order valence-corrected chi connectivity index (χ1v) is 5.30. The number of alkyl halides is 1. The summed E-state index contributed by atoms with van der Waals surface area (Å²) in [5, 5.41) is 6.09. The van der Waals surface area contributed by atoms with E-state index in [4.69, 9.17) is 5.53 Å². The van der Waals surface area contributed by atoms with Crippen molar-refractivity contribution >= 4 is 39.9 Å². The molecular formula is C8H7IN4O. The number of azide groups is 1. The van der Waals surface area contributed by atoms with E-state index >= 15 is 0 Å². The van der Waals surface area contributed by atoms with Crippen LogP contribution in [0.15, 0.2) is 29.4 Å². The maximum absolute atomic E-state index is 11.0. The van der Waals surface area contributed by atoms with E-state index in [1.54, 1.807) is 24.3 Å². The third-order valence-corrected chi connectivity index (χ3v) is 2.13. The van der Waals surface area contributed by atoms with E-state index in [0.29, 0.717) is 15.8 Å². The minimum Gasteiger partial charge on any atom is -0.325 e. The maximum Gasteiger partial charge on any atom is 0.234 e. The lowest BCUT2D eigenvalue weighted by molar-refractivity contribution is -0.113. The van der Waals surface area contributed by atoms with Crippen LogP contribution in [0, 0.1) is 0 Å². The zero-order valence-electron chi connectivity index (χ0n) is 7.14. The minimum absolute atomic E-state index is 0.0536.